The van der Waals surface area contributed by atoms with Crippen LogP contribution in [0.25, 0.3) is 0 Å². The van der Waals surface area contributed by atoms with Crippen molar-refractivity contribution in [3.05, 3.63) is 71.8 Å². The summed E-state index contributed by atoms with van der Waals surface area (Å²) >= 11 is 0. The fourth-order valence-corrected chi connectivity index (χ4v) is 3.49. The van der Waals surface area contributed by atoms with Crippen molar-refractivity contribution in [2.24, 2.45) is 0 Å². The Morgan fingerprint density at radius 3 is 2.32 bits per heavy atom. The maximum absolute atomic E-state index is 12.6. The van der Waals surface area contributed by atoms with E-state index in [1.165, 1.54) is 5.56 Å². The fourth-order valence-electron chi connectivity index (χ4n) is 3.49. The number of hydrogen-bond donors (Lipinski definition) is 2. The predicted octanol–water partition coefficient (Wildman–Crippen LogP) is 3.38. The van der Waals surface area contributed by atoms with Gasteiger partial charge in [0.05, 0.1) is 19.3 Å². The van der Waals surface area contributed by atoms with Crippen LogP contribution in [0.4, 0.5) is 4.79 Å². The molecule has 5 nitrogen and oxygen atoms in total. The van der Waals surface area contributed by atoms with Crippen LogP contribution in [0.3, 0.4) is 0 Å². The maximum Gasteiger partial charge on any atom is 0.315 e. The van der Waals surface area contributed by atoms with E-state index in [2.05, 4.69) is 58.9 Å². The molecule has 2 aromatic carbocycles. The quantitative estimate of drug-likeness (QED) is 0.737. The highest BCUT2D eigenvalue weighted by atomic mass is 16.5. The first-order valence-electron chi connectivity index (χ1n) is 10.2. The Morgan fingerprint density at radius 2 is 1.64 bits per heavy atom. The third-order valence-electron chi connectivity index (χ3n) is 5.14. The molecule has 2 aromatic rings. The second-order valence-electron chi connectivity index (χ2n) is 7.42. The molecule has 150 valence electrons. The molecule has 0 aliphatic carbocycles. The highest BCUT2D eigenvalue weighted by Crippen LogP contribution is 2.15. The van der Waals surface area contributed by atoms with E-state index in [9.17, 15) is 4.79 Å². The Labute approximate surface area is 168 Å². The Bertz CT molecular complexity index is 702. The van der Waals surface area contributed by atoms with Crippen LogP contribution >= 0.6 is 0 Å². The first-order valence-corrected chi connectivity index (χ1v) is 10.2. The van der Waals surface area contributed by atoms with Crippen LogP contribution in [0.2, 0.25) is 0 Å². The van der Waals surface area contributed by atoms with Crippen LogP contribution in [0.1, 0.15) is 30.5 Å². The van der Waals surface area contributed by atoms with Gasteiger partial charge in [0.1, 0.15) is 0 Å². The molecule has 0 spiro atoms. The van der Waals surface area contributed by atoms with E-state index in [1.54, 1.807) is 0 Å². The van der Waals surface area contributed by atoms with Crippen molar-refractivity contribution in [2.45, 2.75) is 31.8 Å². The molecule has 0 bridgehead atoms. The number of urea groups is 1. The van der Waals surface area contributed by atoms with Crippen molar-refractivity contribution < 1.29 is 9.53 Å². The summed E-state index contributed by atoms with van der Waals surface area (Å²) in [6, 6.07) is 20.5. The molecule has 1 heterocycles. The highest BCUT2D eigenvalue weighted by molar-refractivity contribution is 5.74. The van der Waals surface area contributed by atoms with Crippen LogP contribution in [0.15, 0.2) is 60.7 Å². The average molecular weight is 382 g/mol. The van der Waals surface area contributed by atoms with Crippen molar-refractivity contribution >= 4 is 6.03 Å². The number of hydrogen-bond acceptors (Lipinski definition) is 3. The molecule has 1 aliphatic heterocycles. The molecule has 5 heteroatoms. The number of aryl methyl sites for hydroxylation is 1. The van der Waals surface area contributed by atoms with Gasteiger partial charge < -0.3 is 15.4 Å². The normalized spacial score (nSPS) is 16.9. The third-order valence-corrected chi connectivity index (χ3v) is 5.14. The zero-order valence-corrected chi connectivity index (χ0v) is 16.6. The minimum Gasteiger partial charge on any atom is -0.379 e. The smallest absolute Gasteiger partial charge is 0.315 e. The average Bonchev–Trinajstić information content (AvgIpc) is 2.74. The number of carbonyl (C=O) groups is 1. The summed E-state index contributed by atoms with van der Waals surface area (Å²) in [6.45, 7) is 6.16. The molecule has 2 atom stereocenters. The molecule has 3 rings (SSSR count). The van der Waals surface area contributed by atoms with Gasteiger partial charge in [-0.25, -0.2) is 4.79 Å². The lowest BCUT2D eigenvalue weighted by Gasteiger charge is -2.31. The number of nitrogens with zero attached hydrogens (tertiary/aromatic N) is 1. The van der Waals surface area contributed by atoms with Gasteiger partial charge in [0.2, 0.25) is 0 Å². The van der Waals surface area contributed by atoms with E-state index in [4.69, 9.17) is 4.74 Å². The van der Waals surface area contributed by atoms with E-state index in [-0.39, 0.29) is 18.1 Å². The number of rotatable bonds is 8. The molecular weight excluding hydrogens is 350 g/mol. The minimum atomic E-state index is -0.109. The van der Waals surface area contributed by atoms with Crippen LogP contribution < -0.4 is 10.6 Å². The summed E-state index contributed by atoms with van der Waals surface area (Å²) in [4.78, 5) is 15.0. The van der Waals surface area contributed by atoms with Crippen molar-refractivity contribution in [1.29, 1.82) is 0 Å². The Balaban J connectivity index is 1.52. The number of nitrogens with one attached hydrogen (secondary N) is 2. The van der Waals surface area contributed by atoms with Crippen molar-refractivity contribution in [1.82, 2.24) is 15.5 Å². The first kappa shape index (κ1) is 20.4. The molecule has 0 aromatic heterocycles. The topological polar surface area (TPSA) is 53.6 Å². The summed E-state index contributed by atoms with van der Waals surface area (Å²) in [7, 11) is 0. The van der Waals surface area contributed by atoms with Gasteiger partial charge in [0.25, 0.3) is 0 Å². The summed E-state index contributed by atoms with van der Waals surface area (Å²) in [5.41, 5.74) is 2.42. The predicted molar refractivity (Wildman–Crippen MR) is 112 cm³/mol. The molecule has 1 saturated heterocycles. The molecule has 1 aliphatic rings. The number of benzene rings is 2. The van der Waals surface area contributed by atoms with Gasteiger partial charge in [-0.2, -0.15) is 0 Å². The SMILES string of the molecule is C[C@@H](CCc1ccccc1)NC(=O)N[C@@H](CN1CCOCC1)c1ccccc1. The largest absolute Gasteiger partial charge is 0.379 e. The van der Waals surface area contributed by atoms with Gasteiger partial charge in [-0.1, -0.05) is 60.7 Å². The lowest BCUT2D eigenvalue weighted by molar-refractivity contribution is 0.0339. The highest BCUT2D eigenvalue weighted by Gasteiger charge is 2.20. The monoisotopic (exact) mass is 381 g/mol. The zero-order valence-electron chi connectivity index (χ0n) is 16.6. The summed E-state index contributed by atoms with van der Waals surface area (Å²) in [6.07, 6.45) is 1.87. The molecule has 1 fully saturated rings. The fraction of sp³-hybridized carbons (Fsp3) is 0.435. The van der Waals surface area contributed by atoms with Crippen LogP contribution in [0.5, 0.6) is 0 Å². The van der Waals surface area contributed by atoms with Crippen molar-refractivity contribution in [3.8, 4) is 0 Å². The summed E-state index contributed by atoms with van der Waals surface area (Å²) < 4.78 is 5.44. The van der Waals surface area contributed by atoms with E-state index >= 15 is 0 Å². The van der Waals surface area contributed by atoms with Gasteiger partial charge in [0.15, 0.2) is 0 Å². The van der Waals surface area contributed by atoms with E-state index in [0.29, 0.717) is 0 Å². The van der Waals surface area contributed by atoms with Gasteiger partial charge >= 0.3 is 6.03 Å². The van der Waals surface area contributed by atoms with Crippen molar-refractivity contribution in [2.75, 3.05) is 32.8 Å². The zero-order chi connectivity index (χ0) is 19.6. The third kappa shape index (κ3) is 6.66. The number of morpholine rings is 1. The Hall–Kier alpha value is -2.37. The van der Waals surface area contributed by atoms with Crippen LogP contribution in [0, 0.1) is 0 Å². The Morgan fingerprint density at radius 1 is 1.00 bits per heavy atom. The molecule has 2 amide bonds. The second kappa shape index (κ2) is 10.8. The lowest BCUT2D eigenvalue weighted by atomic mass is 10.1. The first-order chi connectivity index (χ1) is 13.7. The molecule has 2 N–H and O–H groups in total. The molecular formula is C23H31N3O2. The maximum atomic E-state index is 12.6. The number of ether oxygens (including phenoxy) is 1. The number of amides is 2. The van der Waals surface area contributed by atoms with Gasteiger partial charge in [-0.05, 0) is 30.9 Å². The lowest BCUT2D eigenvalue weighted by Crippen LogP contribution is -2.47. The summed E-state index contributed by atoms with van der Waals surface area (Å²) in [5, 5.41) is 6.27. The van der Waals surface area contributed by atoms with Gasteiger partial charge in [-0.3, -0.25) is 4.90 Å². The number of carbonyl (C=O) groups excluding carboxylic acids is 1. The minimum absolute atomic E-state index is 0.0411. The molecule has 0 unspecified atom stereocenters. The van der Waals surface area contributed by atoms with Gasteiger partial charge in [0, 0.05) is 25.7 Å². The van der Waals surface area contributed by atoms with E-state index < -0.39 is 0 Å². The van der Waals surface area contributed by atoms with E-state index in [0.717, 1.165) is 51.3 Å². The van der Waals surface area contributed by atoms with Crippen molar-refractivity contribution in [3.63, 3.8) is 0 Å². The molecule has 0 saturated carbocycles. The van der Waals surface area contributed by atoms with Crippen LogP contribution in [-0.4, -0.2) is 49.8 Å². The van der Waals surface area contributed by atoms with Crippen LogP contribution in [-0.2, 0) is 11.2 Å². The van der Waals surface area contributed by atoms with E-state index in [1.807, 2.05) is 24.3 Å². The second-order valence-corrected chi connectivity index (χ2v) is 7.42. The molecule has 28 heavy (non-hydrogen) atoms. The Kier molecular flexibility index (Phi) is 7.88. The molecule has 0 radical (unpaired) electrons. The summed E-state index contributed by atoms with van der Waals surface area (Å²) in [5.74, 6) is 0. The standard InChI is InChI=1S/C23H31N3O2/c1-19(12-13-20-8-4-2-5-9-20)24-23(27)25-22(21-10-6-3-7-11-21)18-26-14-16-28-17-15-26/h2-11,19,22H,12-18H2,1H3,(H2,24,25,27)/t19-,22-/m0/s1. The van der Waals surface area contributed by atoms with Gasteiger partial charge in [-0.15, -0.1) is 0 Å².